The van der Waals surface area contributed by atoms with Crippen molar-refractivity contribution in [3.05, 3.63) is 54.0 Å². The quantitative estimate of drug-likeness (QED) is 0.703. The highest BCUT2D eigenvalue weighted by Crippen LogP contribution is 2.30. The first-order valence-corrected chi connectivity index (χ1v) is 9.85. The van der Waals surface area contributed by atoms with Crippen molar-refractivity contribution < 1.29 is 13.2 Å². The summed E-state index contributed by atoms with van der Waals surface area (Å²) in [5.74, 6) is 0. The molecular formula is C18H20N4O3S. The highest BCUT2D eigenvalue weighted by atomic mass is 32.2. The van der Waals surface area contributed by atoms with Crippen LogP contribution in [0.2, 0.25) is 0 Å². The van der Waals surface area contributed by atoms with Gasteiger partial charge in [-0.1, -0.05) is 6.07 Å². The summed E-state index contributed by atoms with van der Waals surface area (Å²) in [5.41, 5.74) is 2.54. The van der Waals surface area contributed by atoms with E-state index in [4.69, 9.17) is 4.74 Å². The van der Waals surface area contributed by atoms with E-state index < -0.39 is 10.0 Å². The van der Waals surface area contributed by atoms with E-state index in [1.807, 2.05) is 20.2 Å². The lowest BCUT2D eigenvalue weighted by Gasteiger charge is -2.32. The maximum Gasteiger partial charge on any atom is 0.243 e. The molecule has 1 aliphatic rings. The minimum absolute atomic E-state index is 0.268. The number of aryl methyl sites for hydroxylation is 2. The van der Waals surface area contributed by atoms with E-state index in [9.17, 15) is 8.42 Å². The van der Waals surface area contributed by atoms with Gasteiger partial charge in [0.2, 0.25) is 10.0 Å². The van der Waals surface area contributed by atoms with Crippen LogP contribution in [0.15, 0.2) is 47.8 Å². The SMILES string of the molecule is Cc1ccc(S(=O)(=O)N2CCO[C@H](c3cnn(C)c3)C2)c2cccnc12. The number of benzene rings is 1. The van der Waals surface area contributed by atoms with E-state index >= 15 is 0 Å². The number of ether oxygens (including phenoxy) is 1. The lowest BCUT2D eigenvalue weighted by atomic mass is 10.1. The molecule has 7 nitrogen and oxygen atoms in total. The lowest BCUT2D eigenvalue weighted by Crippen LogP contribution is -2.42. The van der Waals surface area contributed by atoms with Crippen LogP contribution in [0, 0.1) is 6.92 Å². The van der Waals surface area contributed by atoms with Crippen molar-refractivity contribution in [3.63, 3.8) is 0 Å². The van der Waals surface area contributed by atoms with Gasteiger partial charge in [-0.25, -0.2) is 8.42 Å². The molecule has 3 aromatic rings. The maximum absolute atomic E-state index is 13.3. The average molecular weight is 372 g/mol. The normalized spacial score (nSPS) is 19.1. The summed E-state index contributed by atoms with van der Waals surface area (Å²) < 4.78 is 35.6. The van der Waals surface area contributed by atoms with Crippen LogP contribution in [-0.2, 0) is 21.8 Å². The highest BCUT2D eigenvalue weighted by Gasteiger charge is 2.33. The molecule has 1 aromatic carbocycles. The van der Waals surface area contributed by atoms with Crippen LogP contribution in [-0.4, -0.2) is 47.2 Å². The van der Waals surface area contributed by atoms with Gasteiger partial charge in [0.25, 0.3) is 0 Å². The van der Waals surface area contributed by atoms with Crippen molar-refractivity contribution in [1.82, 2.24) is 19.1 Å². The predicted octanol–water partition coefficient (Wildman–Crippen LogP) is 2.04. The molecule has 0 unspecified atom stereocenters. The van der Waals surface area contributed by atoms with Gasteiger partial charge in [0.15, 0.2) is 0 Å². The molecule has 1 fully saturated rings. The van der Waals surface area contributed by atoms with Crippen molar-refractivity contribution in [2.75, 3.05) is 19.7 Å². The molecule has 136 valence electrons. The second-order valence-corrected chi connectivity index (χ2v) is 8.36. The fourth-order valence-corrected chi connectivity index (χ4v) is 4.91. The fourth-order valence-electron chi connectivity index (χ4n) is 3.30. The van der Waals surface area contributed by atoms with Crippen LogP contribution in [0.25, 0.3) is 10.9 Å². The van der Waals surface area contributed by atoms with Crippen molar-refractivity contribution in [2.24, 2.45) is 7.05 Å². The first-order chi connectivity index (χ1) is 12.5. The summed E-state index contributed by atoms with van der Waals surface area (Å²) in [5, 5.41) is 4.80. The largest absolute Gasteiger partial charge is 0.371 e. The highest BCUT2D eigenvalue weighted by molar-refractivity contribution is 7.89. The van der Waals surface area contributed by atoms with E-state index in [0.29, 0.717) is 24.1 Å². The zero-order valence-corrected chi connectivity index (χ0v) is 15.5. The number of aromatic nitrogens is 3. The first kappa shape index (κ1) is 17.1. The van der Waals surface area contributed by atoms with Crippen LogP contribution in [0.3, 0.4) is 0 Å². The second-order valence-electron chi connectivity index (χ2n) is 6.45. The Morgan fingerprint density at radius 3 is 2.88 bits per heavy atom. The number of sulfonamides is 1. The van der Waals surface area contributed by atoms with Crippen molar-refractivity contribution in [3.8, 4) is 0 Å². The van der Waals surface area contributed by atoms with Crippen molar-refractivity contribution >= 4 is 20.9 Å². The van der Waals surface area contributed by atoms with E-state index in [0.717, 1.165) is 11.1 Å². The Bertz CT molecular complexity index is 1060. The Kier molecular flexibility index (Phi) is 4.26. The molecule has 0 saturated carbocycles. The van der Waals surface area contributed by atoms with Gasteiger partial charge in [-0.15, -0.1) is 0 Å². The molecule has 1 aliphatic heterocycles. The van der Waals surface area contributed by atoms with Gasteiger partial charge in [-0.3, -0.25) is 9.67 Å². The molecule has 0 bridgehead atoms. The topological polar surface area (TPSA) is 77.3 Å². The third kappa shape index (κ3) is 2.90. The van der Waals surface area contributed by atoms with Crippen LogP contribution in [0.1, 0.15) is 17.2 Å². The fraction of sp³-hybridized carbons (Fsp3) is 0.333. The van der Waals surface area contributed by atoms with Gasteiger partial charge in [-0.05, 0) is 30.7 Å². The van der Waals surface area contributed by atoms with E-state index in [1.54, 1.807) is 41.3 Å². The summed E-state index contributed by atoms with van der Waals surface area (Å²) in [7, 11) is -1.83. The van der Waals surface area contributed by atoms with Gasteiger partial charge < -0.3 is 4.74 Å². The Morgan fingerprint density at radius 2 is 2.12 bits per heavy atom. The molecule has 0 aliphatic carbocycles. The number of hydrogen-bond acceptors (Lipinski definition) is 5. The maximum atomic E-state index is 13.3. The Labute approximate surface area is 152 Å². The average Bonchev–Trinajstić information content (AvgIpc) is 3.09. The third-order valence-corrected chi connectivity index (χ3v) is 6.60. The number of hydrogen-bond donors (Lipinski definition) is 0. The zero-order valence-electron chi connectivity index (χ0n) is 14.7. The van der Waals surface area contributed by atoms with Gasteiger partial charge >= 0.3 is 0 Å². The van der Waals surface area contributed by atoms with Gasteiger partial charge in [0, 0.05) is 43.5 Å². The van der Waals surface area contributed by atoms with Crippen LogP contribution in [0.5, 0.6) is 0 Å². The van der Waals surface area contributed by atoms with Crippen molar-refractivity contribution in [1.29, 1.82) is 0 Å². The number of pyridine rings is 1. The third-order valence-electron chi connectivity index (χ3n) is 4.68. The molecule has 1 saturated heterocycles. The summed E-state index contributed by atoms with van der Waals surface area (Å²) in [6, 6.07) is 7.05. The molecular weight excluding hydrogens is 352 g/mol. The zero-order chi connectivity index (χ0) is 18.3. The van der Waals surface area contributed by atoms with Crippen LogP contribution >= 0.6 is 0 Å². The molecule has 1 atom stereocenters. The van der Waals surface area contributed by atoms with Gasteiger partial charge in [0.1, 0.15) is 0 Å². The van der Waals surface area contributed by atoms with Gasteiger partial charge in [-0.2, -0.15) is 9.40 Å². The molecule has 0 N–H and O–H groups in total. The minimum atomic E-state index is -3.65. The summed E-state index contributed by atoms with van der Waals surface area (Å²) in [6.45, 7) is 2.87. The number of morpholine rings is 1. The van der Waals surface area contributed by atoms with E-state index in [1.165, 1.54) is 4.31 Å². The van der Waals surface area contributed by atoms with E-state index in [-0.39, 0.29) is 17.5 Å². The molecule has 3 heterocycles. The van der Waals surface area contributed by atoms with Gasteiger partial charge in [0.05, 0.1) is 29.3 Å². The Morgan fingerprint density at radius 1 is 1.27 bits per heavy atom. The smallest absolute Gasteiger partial charge is 0.243 e. The number of rotatable bonds is 3. The van der Waals surface area contributed by atoms with Crippen LogP contribution in [0.4, 0.5) is 0 Å². The Hall–Kier alpha value is -2.29. The molecule has 0 radical (unpaired) electrons. The van der Waals surface area contributed by atoms with Crippen molar-refractivity contribution in [2.45, 2.75) is 17.9 Å². The molecule has 26 heavy (non-hydrogen) atoms. The summed E-state index contributed by atoms with van der Waals surface area (Å²) in [6.07, 6.45) is 4.93. The number of fused-ring (bicyclic) bond motifs is 1. The minimum Gasteiger partial charge on any atom is -0.371 e. The van der Waals surface area contributed by atoms with Crippen LogP contribution < -0.4 is 0 Å². The van der Waals surface area contributed by atoms with E-state index in [2.05, 4.69) is 10.1 Å². The molecule has 8 heteroatoms. The number of nitrogens with zero attached hydrogens (tertiary/aromatic N) is 4. The second kappa shape index (κ2) is 6.46. The molecule has 0 spiro atoms. The predicted molar refractivity (Wildman–Crippen MR) is 97.1 cm³/mol. The standard InChI is InChI=1S/C18H20N4O3S/c1-13-5-6-17(15-4-3-7-19-18(13)15)26(23,24)22-8-9-25-16(12-22)14-10-20-21(2)11-14/h3-7,10-11,16H,8-9,12H2,1-2H3/t16-/m0/s1. The first-order valence-electron chi connectivity index (χ1n) is 8.41. The Balaban J connectivity index is 1.72. The molecule has 2 aromatic heterocycles. The molecule has 4 rings (SSSR count). The lowest BCUT2D eigenvalue weighted by molar-refractivity contribution is -0.00257. The summed E-state index contributed by atoms with van der Waals surface area (Å²) >= 11 is 0. The summed E-state index contributed by atoms with van der Waals surface area (Å²) in [4.78, 5) is 4.64. The monoisotopic (exact) mass is 372 g/mol. The molecule has 0 amide bonds.